The molecule has 0 atom stereocenters. The summed E-state index contributed by atoms with van der Waals surface area (Å²) in [4.78, 5) is 10.1. The van der Waals surface area contributed by atoms with Crippen molar-refractivity contribution in [2.75, 3.05) is 0 Å². The summed E-state index contributed by atoms with van der Waals surface area (Å²) in [6.07, 6.45) is -5.28. The summed E-state index contributed by atoms with van der Waals surface area (Å²) in [6, 6.07) is 3.67. The molecule has 1 N–H and O–H groups in total. The molecule has 0 amide bonds. The van der Waals surface area contributed by atoms with Gasteiger partial charge < -0.3 is 4.74 Å². The summed E-state index contributed by atoms with van der Waals surface area (Å²) in [6.45, 7) is -1.93. The Balaban J connectivity index is 2.42. The standard InChI is InChI=1S/C13H10F5N3O3/c1-6-4-7(2-3-9(6)21(22)23)5-8-10(13(16,17)18)19-20-11(8)24-12(14)15/h2-4,12H,5H2,1H3,(H,19,20). The Bertz CT molecular complexity index is 758. The highest BCUT2D eigenvalue weighted by Crippen LogP contribution is 2.36. The van der Waals surface area contributed by atoms with Crippen molar-refractivity contribution < 1.29 is 31.6 Å². The zero-order valence-electron chi connectivity index (χ0n) is 12.0. The summed E-state index contributed by atoms with van der Waals surface area (Å²) >= 11 is 0. The molecule has 2 aromatic rings. The molecule has 0 saturated heterocycles. The number of hydrogen-bond donors (Lipinski definition) is 1. The van der Waals surface area contributed by atoms with Crippen LogP contribution in [0.3, 0.4) is 0 Å². The van der Waals surface area contributed by atoms with Crippen molar-refractivity contribution >= 4 is 5.69 Å². The topological polar surface area (TPSA) is 81.0 Å². The monoisotopic (exact) mass is 351 g/mol. The molecule has 0 fully saturated rings. The van der Waals surface area contributed by atoms with Crippen molar-refractivity contribution in [3.05, 3.63) is 50.7 Å². The molecule has 2 rings (SSSR count). The number of nitrogens with one attached hydrogen (secondary N) is 1. The Hall–Kier alpha value is -2.72. The molecule has 0 aliphatic rings. The quantitative estimate of drug-likeness (QED) is 0.504. The van der Waals surface area contributed by atoms with Crippen molar-refractivity contribution in [1.29, 1.82) is 0 Å². The number of halogens is 5. The predicted molar refractivity (Wildman–Crippen MR) is 70.9 cm³/mol. The fraction of sp³-hybridized carbons (Fsp3) is 0.308. The number of alkyl halides is 5. The van der Waals surface area contributed by atoms with E-state index < -0.39 is 41.3 Å². The van der Waals surface area contributed by atoms with E-state index in [1.54, 1.807) is 5.10 Å². The van der Waals surface area contributed by atoms with E-state index >= 15 is 0 Å². The zero-order valence-corrected chi connectivity index (χ0v) is 12.0. The Morgan fingerprint density at radius 1 is 1.38 bits per heavy atom. The van der Waals surface area contributed by atoms with Crippen molar-refractivity contribution in [2.45, 2.75) is 26.1 Å². The van der Waals surface area contributed by atoms with Gasteiger partial charge in [-0.1, -0.05) is 6.07 Å². The van der Waals surface area contributed by atoms with E-state index in [1.807, 2.05) is 0 Å². The van der Waals surface area contributed by atoms with Gasteiger partial charge in [0, 0.05) is 18.1 Å². The highest BCUT2D eigenvalue weighted by molar-refractivity contribution is 5.45. The van der Waals surface area contributed by atoms with E-state index in [1.165, 1.54) is 19.1 Å². The molecular formula is C13H10F5N3O3. The Morgan fingerprint density at radius 3 is 2.54 bits per heavy atom. The molecule has 1 heterocycles. The normalized spacial score (nSPS) is 11.8. The number of aryl methyl sites for hydroxylation is 1. The van der Waals surface area contributed by atoms with Gasteiger partial charge in [0.2, 0.25) is 5.88 Å². The van der Waals surface area contributed by atoms with Crippen molar-refractivity contribution in [1.82, 2.24) is 10.2 Å². The van der Waals surface area contributed by atoms with Gasteiger partial charge >= 0.3 is 12.8 Å². The first-order valence-electron chi connectivity index (χ1n) is 6.42. The summed E-state index contributed by atoms with van der Waals surface area (Å²) < 4.78 is 67.5. The van der Waals surface area contributed by atoms with Crippen molar-refractivity contribution in [3.8, 4) is 5.88 Å². The molecule has 0 bridgehead atoms. The maximum atomic E-state index is 12.9. The van der Waals surface area contributed by atoms with Crippen LogP contribution in [0.5, 0.6) is 5.88 Å². The molecule has 0 radical (unpaired) electrons. The maximum Gasteiger partial charge on any atom is 0.433 e. The molecule has 1 aromatic heterocycles. The molecule has 0 unspecified atom stereocenters. The second kappa shape index (κ2) is 6.42. The van der Waals surface area contributed by atoms with Crippen LogP contribution in [0.4, 0.5) is 27.6 Å². The SMILES string of the molecule is Cc1cc(Cc2c(OC(F)F)n[nH]c2C(F)(F)F)ccc1[N+](=O)[O-]. The van der Waals surface area contributed by atoms with Gasteiger partial charge in [-0.2, -0.15) is 22.0 Å². The van der Waals surface area contributed by atoms with Crippen LogP contribution in [-0.2, 0) is 12.6 Å². The summed E-state index contributed by atoms with van der Waals surface area (Å²) in [5, 5.41) is 15.5. The van der Waals surface area contributed by atoms with Crippen LogP contribution >= 0.6 is 0 Å². The summed E-state index contributed by atoms with van der Waals surface area (Å²) in [5.41, 5.74) is -1.63. The highest BCUT2D eigenvalue weighted by atomic mass is 19.4. The molecule has 6 nitrogen and oxygen atoms in total. The van der Waals surface area contributed by atoms with Gasteiger partial charge in [-0.15, -0.1) is 5.10 Å². The minimum Gasteiger partial charge on any atom is -0.415 e. The number of H-pyrrole nitrogens is 1. The smallest absolute Gasteiger partial charge is 0.415 e. The number of benzene rings is 1. The average Bonchev–Trinajstić information content (AvgIpc) is 2.80. The summed E-state index contributed by atoms with van der Waals surface area (Å²) in [5.74, 6) is -0.867. The fourth-order valence-electron chi connectivity index (χ4n) is 2.17. The molecular weight excluding hydrogens is 341 g/mol. The number of nitrogens with zero attached hydrogens (tertiary/aromatic N) is 2. The Kier molecular flexibility index (Phi) is 4.71. The second-order valence-corrected chi connectivity index (χ2v) is 4.81. The van der Waals surface area contributed by atoms with Crippen LogP contribution in [0.1, 0.15) is 22.4 Å². The first kappa shape index (κ1) is 17.6. The largest absolute Gasteiger partial charge is 0.433 e. The molecule has 0 aliphatic carbocycles. The third kappa shape index (κ3) is 3.78. The van der Waals surface area contributed by atoms with E-state index in [-0.39, 0.29) is 16.8 Å². The number of hydrogen-bond acceptors (Lipinski definition) is 4. The molecule has 11 heteroatoms. The van der Waals surface area contributed by atoms with Gasteiger partial charge in [0.05, 0.1) is 10.5 Å². The van der Waals surface area contributed by atoms with Gasteiger partial charge in [-0.3, -0.25) is 15.2 Å². The molecule has 24 heavy (non-hydrogen) atoms. The second-order valence-electron chi connectivity index (χ2n) is 4.81. The first-order valence-corrected chi connectivity index (χ1v) is 6.42. The third-order valence-corrected chi connectivity index (χ3v) is 3.15. The van der Waals surface area contributed by atoms with Gasteiger partial charge in [-0.05, 0) is 18.6 Å². The maximum absolute atomic E-state index is 12.9. The van der Waals surface area contributed by atoms with E-state index in [4.69, 9.17) is 0 Å². The number of aromatic amines is 1. The first-order chi connectivity index (χ1) is 11.1. The van der Waals surface area contributed by atoms with E-state index in [9.17, 15) is 32.1 Å². The number of ether oxygens (including phenoxy) is 1. The lowest BCUT2D eigenvalue weighted by Crippen LogP contribution is -2.10. The van der Waals surface area contributed by atoms with Crippen LogP contribution in [0.25, 0.3) is 0 Å². The van der Waals surface area contributed by atoms with Gasteiger partial charge in [0.1, 0.15) is 5.69 Å². The number of nitro benzene ring substituents is 1. The zero-order chi connectivity index (χ0) is 18.1. The van der Waals surface area contributed by atoms with Crippen LogP contribution in [-0.4, -0.2) is 21.7 Å². The Morgan fingerprint density at radius 2 is 2.04 bits per heavy atom. The summed E-state index contributed by atoms with van der Waals surface area (Å²) in [7, 11) is 0. The van der Waals surface area contributed by atoms with E-state index in [2.05, 4.69) is 9.84 Å². The molecule has 1 aromatic carbocycles. The minimum atomic E-state index is -4.85. The molecule has 0 saturated carbocycles. The van der Waals surface area contributed by atoms with Crippen LogP contribution < -0.4 is 4.74 Å². The van der Waals surface area contributed by atoms with Crippen LogP contribution in [0, 0.1) is 17.0 Å². The van der Waals surface area contributed by atoms with Gasteiger partial charge in [-0.25, -0.2) is 0 Å². The van der Waals surface area contributed by atoms with E-state index in [0.717, 1.165) is 6.07 Å². The van der Waals surface area contributed by atoms with Gasteiger partial charge in [0.15, 0.2) is 0 Å². The van der Waals surface area contributed by atoms with Crippen molar-refractivity contribution in [2.24, 2.45) is 0 Å². The molecule has 0 spiro atoms. The van der Waals surface area contributed by atoms with Crippen LogP contribution in [0.15, 0.2) is 18.2 Å². The Labute approximate surface area is 131 Å². The minimum absolute atomic E-state index is 0.203. The van der Waals surface area contributed by atoms with Gasteiger partial charge in [0.25, 0.3) is 5.69 Å². The number of rotatable bonds is 5. The average molecular weight is 351 g/mol. The lowest BCUT2D eigenvalue weighted by Gasteiger charge is -2.10. The molecule has 0 aliphatic heterocycles. The fourth-order valence-corrected chi connectivity index (χ4v) is 2.17. The van der Waals surface area contributed by atoms with Crippen molar-refractivity contribution in [3.63, 3.8) is 0 Å². The van der Waals surface area contributed by atoms with Crippen LogP contribution in [0.2, 0.25) is 0 Å². The lowest BCUT2D eigenvalue weighted by molar-refractivity contribution is -0.385. The van der Waals surface area contributed by atoms with E-state index in [0.29, 0.717) is 0 Å². The number of aromatic nitrogens is 2. The predicted octanol–water partition coefficient (Wildman–Crippen LogP) is 3.84. The highest BCUT2D eigenvalue weighted by Gasteiger charge is 2.38. The lowest BCUT2D eigenvalue weighted by atomic mass is 10.0. The third-order valence-electron chi connectivity index (χ3n) is 3.15. The number of nitro groups is 1. The molecule has 130 valence electrons.